The van der Waals surface area contributed by atoms with Gasteiger partial charge in [0.2, 0.25) is 0 Å². The highest BCUT2D eigenvalue weighted by Crippen LogP contribution is 1.93. The van der Waals surface area contributed by atoms with Crippen molar-refractivity contribution in [2.45, 2.75) is 19.1 Å². The van der Waals surface area contributed by atoms with E-state index in [0.717, 1.165) is 0 Å². The van der Waals surface area contributed by atoms with Crippen molar-refractivity contribution < 1.29 is 20.1 Å². The van der Waals surface area contributed by atoms with Gasteiger partial charge in [0.1, 0.15) is 0 Å². The van der Waals surface area contributed by atoms with Crippen molar-refractivity contribution in [3.05, 3.63) is 10.1 Å². The van der Waals surface area contributed by atoms with Crippen LogP contribution in [0.3, 0.4) is 0 Å². The molecule has 6 nitrogen and oxygen atoms in total. The van der Waals surface area contributed by atoms with Crippen molar-refractivity contribution in [3.8, 4) is 0 Å². The fraction of sp³-hybridized carbons (Fsp3) is 1.00. The molecule has 0 spiro atoms. The highest BCUT2D eigenvalue weighted by molar-refractivity contribution is 4.37. The number of rotatable bonds is 5. The molecule has 0 aromatic heterocycles. The van der Waals surface area contributed by atoms with Gasteiger partial charge in [-0.1, -0.05) is 0 Å². The lowest BCUT2D eigenvalue weighted by Crippen LogP contribution is -2.08. The minimum atomic E-state index is -1.41. The Labute approximate surface area is 57.1 Å². The van der Waals surface area contributed by atoms with Crippen LogP contribution < -0.4 is 0 Å². The second-order valence-corrected chi connectivity index (χ2v) is 1.68. The zero-order valence-corrected chi connectivity index (χ0v) is 5.27. The summed E-state index contributed by atoms with van der Waals surface area (Å²) >= 11 is 0. The summed E-state index contributed by atoms with van der Waals surface area (Å²) in [4.78, 5) is 13.4. The fourth-order valence-electron chi connectivity index (χ4n) is 0.405. The van der Waals surface area contributed by atoms with Crippen molar-refractivity contribution in [1.29, 1.82) is 0 Å². The summed E-state index contributed by atoms with van der Waals surface area (Å²) in [6, 6.07) is 0. The van der Waals surface area contributed by atoms with Gasteiger partial charge in [0.15, 0.2) is 6.29 Å². The van der Waals surface area contributed by atoms with Gasteiger partial charge >= 0.3 is 0 Å². The predicted molar refractivity (Wildman–Crippen MR) is 30.4 cm³/mol. The number of aliphatic hydroxyl groups excluding tert-OH is 1. The van der Waals surface area contributed by atoms with Gasteiger partial charge in [-0.15, -0.1) is 10.1 Å². The Morgan fingerprint density at radius 3 is 2.60 bits per heavy atom. The fourth-order valence-corrected chi connectivity index (χ4v) is 0.405. The van der Waals surface area contributed by atoms with Crippen LogP contribution in [0.4, 0.5) is 0 Å². The predicted octanol–water partition coefficient (Wildman–Crippen LogP) is -0.714. The number of hydrogen-bond donors (Lipinski definition) is 2. The van der Waals surface area contributed by atoms with Gasteiger partial charge in [-0.25, -0.2) is 0 Å². The van der Waals surface area contributed by atoms with Gasteiger partial charge in [-0.2, -0.15) is 0 Å². The van der Waals surface area contributed by atoms with Crippen LogP contribution in [0.1, 0.15) is 12.8 Å². The van der Waals surface area contributed by atoms with Gasteiger partial charge in [-0.05, 0) is 12.8 Å². The molecule has 6 heteroatoms. The van der Waals surface area contributed by atoms with E-state index in [1.165, 1.54) is 0 Å². The van der Waals surface area contributed by atoms with E-state index in [1.54, 1.807) is 0 Å². The van der Waals surface area contributed by atoms with Gasteiger partial charge in [0, 0.05) is 0 Å². The minimum absolute atomic E-state index is 0.0911. The average molecular weight is 151 g/mol. The van der Waals surface area contributed by atoms with Crippen LogP contribution in [0.25, 0.3) is 0 Å². The molecule has 60 valence electrons. The monoisotopic (exact) mass is 151 g/mol. The molecule has 0 radical (unpaired) electrons. The summed E-state index contributed by atoms with van der Waals surface area (Å²) in [5, 5.41) is 25.1. The molecule has 0 unspecified atom stereocenters. The summed E-state index contributed by atoms with van der Waals surface area (Å²) in [6.07, 6.45) is -1.05. The van der Waals surface area contributed by atoms with Gasteiger partial charge in [0.05, 0.1) is 6.61 Å². The molecule has 0 fully saturated rings. The standard InChI is InChI=1S/C4H9NO5/c6-4(7)2-1-3-10-5(8)9/h4,6-7H,1-3H2. The number of hydrogen-bond acceptors (Lipinski definition) is 5. The summed E-state index contributed by atoms with van der Waals surface area (Å²) < 4.78 is 0. The van der Waals surface area contributed by atoms with E-state index < -0.39 is 11.4 Å². The third-order valence-electron chi connectivity index (χ3n) is 0.803. The van der Waals surface area contributed by atoms with Crippen LogP contribution in [-0.2, 0) is 4.84 Å². The first-order valence-electron chi connectivity index (χ1n) is 2.76. The van der Waals surface area contributed by atoms with E-state index in [2.05, 4.69) is 4.84 Å². The second kappa shape index (κ2) is 4.95. The second-order valence-electron chi connectivity index (χ2n) is 1.68. The minimum Gasteiger partial charge on any atom is -0.368 e. The van der Waals surface area contributed by atoms with Crippen LogP contribution >= 0.6 is 0 Å². The summed E-state index contributed by atoms with van der Waals surface area (Å²) in [5.41, 5.74) is 0. The van der Waals surface area contributed by atoms with E-state index in [9.17, 15) is 10.1 Å². The number of aliphatic hydroxyl groups is 2. The molecule has 2 N–H and O–H groups in total. The Hall–Kier alpha value is -0.880. The maximum Gasteiger partial charge on any atom is 0.294 e. The van der Waals surface area contributed by atoms with Crippen LogP contribution in [0.15, 0.2) is 0 Å². The molecular formula is C4H9NO5. The van der Waals surface area contributed by atoms with E-state index in [0.29, 0.717) is 0 Å². The zero-order chi connectivity index (χ0) is 7.98. The normalized spacial score (nSPS) is 9.90. The van der Waals surface area contributed by atoms with Crippen LogP contribution in [0.2, 0.25) is 0 Å². The first kappa shape index (κ1) is 9.12. The molecule has 0 aliphatic rings. The van der Waals surface area contributed by atoms with Crippen LogP contribution in [0.5, 0.6) is 0 Å². The molecule has 0 bridgehead atoms. The van der Waals surface area contributed by atoms with Crippen molar-refractivity contribution in [2.24, 2.45) is 0 Å². The summed E-state index contributed by atoms with van der Waals surface area (Å²) in [5.74, 6) is 0. The van der Waals surface area contributed by atoms with Gasteiger partial charge in [-0.3, -0.25) is 0 Å². The maximum atomic E-state index is 9.50. The Balaban J connectivity index is 2.98. The lowest BCUT2D eigenvalue weighted by atomic mass is 10.3. The third-order valence-corrected chi connectivity index (χ3v) is 0.803. The lowest BCUT2D eigenvalue weighted by molar-refractivity contribution is -0.757. The largest absolute Gasteiger partial charge is 0.368 e. The Bertz CT molecular complexity index is 104. The molecule has 10 heavy (non-hydrogen) atoms. The zero-order valence-electron chi connectivity index (χ0n) is 5.27. The molecule has 0 aliphatic carbocycles. The first-order valence-corrected chi connectivity index (χ1v) is 2.76. The maximum absolute atomic E-state index is 9.50. The van der Waals surface area contributed by atoms with Crippen LogP contribution in [-0.4, -0.2) is 28.2 Å². The van der Waals surface area contributed by atoms with E-state index >= 15 is 0 Å². The SMILES string of the molecule is O=[N+]([O-])OCCCC(O)O. The Morgan fingerprint density at radius 1 is 1.60 bits per heavy atom. The highest BCUT2D eigenvalue weighted by Gasteiger charge is 1.98. The molecule has 0 aromatic carbocycles. The molecule has 0 saturated carbocycles. The molecule has 0 saturated heterocycles. The lowest BCUT2D eigenvalue weighted by Gasteiger charge is -2.00. The molecular weight excluding hydrogens is 142 g/mol. The van der Waals surface area contributed by atoms with Gasteiger partial charge in [0.25, 0.3) is 5.09 Å². The van der Waals surface area contributed by atoms with Crippen molar-refractivity contribution in [1.82, 2.24) is 0 Å². The average Bonchev–Trinajstić information content (AvgIpc) is 1.79. The molecule has 0 rings (SSSR count). The topological polar surface area (TPSA) is 92.8 Å². The summed E-state index contributed by atoms with van der Waals surface area (Å²) in [7, 11) is 0. The first-order chi connectivity index (χ1) is 4.63. The van der Waals surface area contributed by atoms with Crippen molar-refractivity contribution in [3.63, 3.8) is 0 Å². The Kier molecular flexibility index (Phi) is 4.51. The van der Waals surface area contributed by atoms with E-state index in [-0.39, 0.29) is 19.4 Å². The smallest absolute Gasteiger partial charge is 0.294 e. The van der Waals surface area contributed by atoms with Crippen molar-refractivity contribution >= 4 is 0 Å². The van der Waals surface area contributed by atoms with E-state index in [1.807, 2.05) is 0 Å². The molecule has 0 amide bonds. The van der Waals surface area contributed by atoms with Crippen LogP contribution in [0, 0.1) is 10.1 Å². The molecule has 0 atom stereocenters. The molecule has 0 heterocycles. The Morgan fingerprint density at radius 2 is 2.20 bits per heavy atom. The highest BCUT2D eigenvalue weighted by atomic mass is 16.9. The number of nitrogens with zero attached hydrogens (tertiary/aromatic N) is 1. The summed E-state index contributed by atoms with van der Waals surface area (Å²) in [6.45, 7) is -0.0926. The van der Waals surface area contributed by atoms with E-state index in [4.69, 9.17) is 10.2 Å². The molecule has 0 aromatic rings. The quantitative estimate of drug-likeness (QED) is 0.234. The third kappa shape index (κ3) is 7.12. The van der Waals surface area contributed by atoms with Crippen molar-refractivity contribution in [2.75, 3.05) is 6.61 Å². The van der Waals surface area contributed by atoms with Gasteiger partial charge < -0.3 is 15.1 Å². The molecule has 0 aliphatic heterocycles.